The third kappa shape index (κ3) is 1.95. The number of benzene rings is 1. The summed E-state index contributed by atoms with van der Waals surface area (Å²) >= 11 is 0. The van der Waals surface area contributed by atoms with Crippen molar-refractivity contribution in [3.63, 3.8) is 0 Å². The summed E-state index contributed by atoms with van der Waals surface area (Å²) in [6.45, 7) is 1.82. The predicted octanol–water partition coefficient (Wildman–Crippen LogP) is 2.77. The maximum absolute atomic E-state index is 11.6. The zero-order chi connectivity index (χ0) is 14.1. The van der Waals surface area contributed by atoms with Crippen LogP contribution in [0.25, 0.3) is 22.0 Å². The molecule has 4 heteroatoms. The van der Waals surface area contributed by atoms with E-state index in [9.17, 15) is 4.79 Å². The van der Waals surface area contributed by atoms with Gasteiger partial charge in [0.05, 0.1) is 5.52 Å². The highest BCUT2D eigenvalue weighted by Gasteiger charge is 2.08. The molecule has 0 amide bonds. The van der Waals surface area contributed by atoms with Gasteiger partial charge < -0.3 is 4.98 Å². The van der Waals surface area contributed by atoms with Crippen molar-refractivity contribution in [3.8, 4) is 17.2 Å². The lowest BCUT2D eigenvalue weighted by Gasteiger charge is -2.07. The van der Waals surface area contributed by atoms with E-state index in [-0.39, 0.29) is 11.1 Å². The van der Waals surface area contributed by atoms with E-state index >= 15 is 0 Å². The van der Waals surface area contributed by atoms with Crippen LogP contribution in [0.5, 0.6) is 0 Å². The van der Waals surface area contributed by atoms with Crippen LogP contribution in [0.3, 0.4) is 0 Å². The molecule has 0 unspecified atom stereocenters. The second-order valence-corrected chi connectivity index (χ2v) is 4.57. The number of nitrogens with zero attached hydrogens (tertiary/aromatic N) is 2. The summed E-state index contributed by atoms with van der Waals surface area (Å²) in [5, 5.41) is 9.99. The Morgan fingerprint density at radius 1 is 1.25 bits per heavy atom. The molecule has 0 bridgehead atoms. The van der Waals surface area contributed by atoms with Crippen molar-refractivity contribution < 1.29 is 0 Å². The van der Waals surface area contributed by atoms with Crippen molar-refractivity contribution in [2.75, 3.05) is 0 Å². The molecule has 0 atom stereocenters. The molecule has 3 rings (SSSR count). The van der Waals surface area contributed by atoms with E-state index in [2.05, 4.69) is 9.97 Å². The molecular weight excluding hydrogens is 250 g/mol. The highest BCUT2D eigenvalue weighted by Crippen LogP contribution is 2.25. The first-order valence-corrected chi connectivity index (χ1v) is 6.18. The van der Waals surface area contributed by atoms with Crippen molar-refractivity contribution in [2.45, 2.75) is 6.92 Å². The minimum Gasteiger partial charge on any atom is -0.325 e. The fourth-order valence-corrected chi connectivity index (χ4v) is 2.25. The number of hydrogen-bond donors (Lipinski definition) is 1. The summed E-state index contributed by atoms with van der Waals surface area (Å²) in [5.74, 6) is 0. The smallest absolute Gasteiger partial charge is 0.266 e. The molecule has 2 aromatic heterocycles. The lowest BCUT2D eigenvalue weighted by Crippen LogP contribution is -2.11. The number of nitriles is 1. The number of hydrogen-bond acceptors (Lipinski definition) is 3. The predicted molar refractivity (Wildman–Crippen MR) is 77.3 cm³/mol. The quantitative estimate of drug-likeness (QED) is 0.732. The normalized spacial score (nSPS) is 10.4. The second kappa shape index (κ2) is 4.63. The zero-order valence-corrected chi connectivity index (χ0v) is 10.8. The van der Waals surface area contributed by atoms with Gasteiger partial charge in [0, 0.05) is 22.8 Å². The van der Waals surface area contributed by atoms with Crippen LogP contribution in [-0.4, -0.2) is 9.97 Å². The molecule has 0 fully saturated rings. The average molecular weight is 261 g/mol. The monoisotopic (exact) mass is 261 g/mol. The number of H-pyrrole nitrogens is 1. The van der Waals surface area contributed by atoms with E-state index < -0.39 is 0 Å². The number of rotatable bonds is 1. The van der Waals surface area contributed by atoms with Crippen LogP contribution < -0.4 is 5.56 Å². The molecule has 0 aliphatic heterocycles. The number of fused-ring (bicyclic) bond motifs is 1. The van der Waals surface area contributed by atoms with E-state index in [4.69, 9.17) is 5.26 Å². The largest absolute Gasteiger partial charge is 0.325 e. The average Bonchev–Trinajstić information content (AvgIpc) is 2.47. The molecule has 96 valence electrons. The van der Waals surface area contributed by atoms with Crippen LogP contribution in [0, 0.1) is 18.3 Å². The number of aromatic amines is 1. The Hall–Kier alpha value is -2.93. The van der Waals surface area contributed by atoms with Gasteiger partial charge in [0.25, 0.3) is 5.56 Å². The SMILES string of the molecule is Cc1[nH]c(=O)c(C#N)cc1-c1ccc2ncccc2c1. The van der Waals surface area contributed by atoms with E-state index in [1.165, 1.54) is 0 Å². The van der Waals surface area contributed by atoms with Gasteiger partial charge in [-0.05, 0) is 36.8 Å². The third-order valence-corrected chi connectivity index (χ3v) is 3.27. The Kier molecular flexibility index (Phi) is 2.81. The second-order valence-electron chi connectivity index (χ2n) is 4.57. The maximum Gasteiger partial charge on any atom is 0.266 e. The number of pyridine rings is 2. The highest BCUT2D eigenvalue weighted by atomic mass is 16.1. The van der Waals surface area contributed by atoms with Gasteiger partial charge in [-0.15, -0.1) is 0 Å². The fourth-order valence-electron chi connectivity index (χ4n) is 2.25. The lowest BCUT2D eigenvalue weighted by molar-refractivity contribution is 1.13. The van der Waals surface area contributed by atoms with Crippen molar-refractivity contribution in [3.05, 3.63) is 64.2 Å². The van der Waals surface area contributed by atoms with Gasteiger partial charge in [-0.25, -0.2) is 0 Å². The Morgan fingerprint density at radius 2 is 2.10 bits per heavy atom. The minimum atomic E-state index is -0.351. The maximum atomic E-state index is 11.6. The molecule has 0 aliphatic rings. The van der Waals surface area contributed by atoms with Gasteiger partial charge in [-0.3, -0.25) is 9.78 Å². The van der Waals surface area contributed by atoms with Crippen molar-refractivity contribution in [1.29, 1.82) is 5.26 Å². The van der Waals surface area contributed by atoms with E-state index in [1.807, 2.05) is 43.3 Å². The Balaban J connectivity index is 2.25. The van der Waals surface area contributed by atoms with Crippen LogP contribution in [0.2, 0.25) is 0 Å². The summed E-state index contributed by atoms with van der Waals surface area (Å²) in [7, 11) is 0. The number of aryl methyl sites for hydroxylation is 1. The van der Waals surface area contributed by atoms with Crippen LogP contribution >= 0.6 is 0 Å². The summed E-state index contributed by atoms with van der Waals surface area (Å²) in [6, 6.07) is 13.3. The molecule has 0 saturated heterocycles. The van der Waals surface area contributed by atoms with Gasteiger partial charge in [0.15, 0.2) is 0 Å². The van der Waals surface area contributed by atoms with E-state index in [1.54, 1.807) is 12.3 Å². The summed E-state index contributed by atoms with van der Waals surface area (Å²) in [6.07, 6.45) is 1.75. The molecule has 0 radical (unpaired) electrons. The van der Waals surface area contributed by atoms with Gasteiger partial charge >= 0.3 is 0 Å². The van der Waals surface area contributed by atoms with Crippen LogP contribution in [0.15, 0.2) is 47.4 Å². The first kappa shape index (κ1) is 12.1. The molecule has 0 spiro atoms. The first-order valence-electron chi connectivity index (χ1n) is 6.18. The van der Waals surface area contributed by atoms with Gasteiger partial charge in [0.2, 0.25) is 0 Å². The van der Waals surface area contributed by atoms with Gasteiger partial charge in [-0.1, -0.05) is 12.1 Å². The number of nitrogens with one attached hydrogen (secondary N) is 1. The summed E-state index contributed by atoms with van der Waals surface area (Å²) < 4.78 is 0. The highest BCUT2D eigenvalue weighted by molar-refractivity contribution is 5.84. The standard InChI is InChI=1S/C16H11N3O/c1-10-14(8-13(9-17)16(20)19-10)11-4-5-15-12(7-11)3-2-6-18-15/h2-8H,1H3,(H,19,20). The van der Waals surface area contributed by atoms with E-state index in [0.717, 1.165) is 27.7 Å². The fraction of sp³-hybridized carbons (Fsp3) is 0.0625. The molecule has 3 aromatic rings. The molecule has 20 heavy (non-hydrogen) atoms. The Morgan fingerprint density at radius 3 is 2.90 bits per heavy atom. The zero-order valence-electron chi connectivity index (χ0n) is 10.8. The molecule has 0 saturated carbocycles. The first-order chi connectivity index (χ1) is 9.69. The van der Waals surface area contributed by atoms with Crippen molar-refractivity contribution in [1.82, 2.24) is 9.97 Å². The van der Waals surface area contributed by atoms with Crippen LogP contribution in [0.1, 0.15) is 11.3 Å². The van der Waals surface area contributed by atoms with Crippen molar-refractivity contribution in [2.24, 2.45) is 0 Å². The van der Waals surface area contributed by atoms with Crippen LogP contribution in [0.4, 0.5) is 0 Å². The molecule has 2 heterocycles. The minimum absolute atomic E-state index is 0.122. The van der Waals surface area contributed by atoms with Gasteiger partial charge in [-0.2, -0.15) is 5.26 Å². The topological polar surface area (TPSA) is 69.5 Å². The molecule has 0 aliphatic carbocycles. The number of aromatic nitrogens is 2. The molecule has 1 aromatic carbocycles. The van der Waals surface area contributed by atoms with E-state index in [0.29, 0.717) is 0 Å². The summed E-state index contributed by atoms with van der Waals surface area (Å²) in [5.41, 5.74) is 3.24. The Bertz CT molecular complexity index is 903. The van der Waals surface area contributed by atoms with Crippen LogP contribution in [-0.2, 0) is 0 Å². The Labute approximate surface area is 115 Å². The lowest BCUT2D eigenvalue weighted by atomic mass is 10.0. The summed E-state index contributed by atoms with van der Waals surface area (Å²) in [4.78, 5) is 18.6. The molecule has 4 nitrogen and oxygen atoms in total. The van der Waals surface area contributed by atoms with Gasteiger partial charge in [0.1, 0.15) is 11.6 Å². The molecule has 1 N–H and O–H groups in total. The molecular formula is C16H11N3O. The third-order valence-electron chi connectivity index (χ3n) is 3.27. The van der Waals surface area contributed by atoms with Crippen molar-refractivity contribution >= 4 is 10.9 Å².